The average Bonchev–Trinajstić information content (AvgIpc) is 2.22. The van der Waals surface area contributed by atoms with Crippen LogP contribution in [0.4, 0.5) is 0 Å². The summed E-state index contributed by atoms with van der Waals surface area (Å²) in [6.07, 6.45) is 0. The molecule has 116 valence electrons. The van der Waals surface area contributed by atoms with Crippen molar-refractivity contribution in [3.8, 4) is 0 Å². The molecule has 0 N–H and O–H groups in total. The minimum atomic E-state index is -2.53. The molecule has 0 fully saturated rings. The SMILES string of the molecule is CO[Si](OC)(N(C(C)C)C(C)(C)C)C(C)(C)C(C)C. The van der Waals surface area contributed by atoms with Crippen LogP contribution >= 0.6 is 0 Å². The predicted molar refractivity (Wildman–Crippen MR) is 85.4 cm³/mol. The number of rotatable bonds is 6. The predicted octanol–water partition coefficient (Wildman–Crippen LogP) is 4.16. The van der Waals surface area contributed by atoms with Crippen molar-refractivity contribution in [2.45, 2.75) is 78.9 Å². The van der Waals surface area contributed by atoms with Crippen LogP contribution in [-0.4, -0.2) is 39.1 Å². The molecule has 0 spiro atoms. The first-order chi connectivity index (χ1) is 8.38. The first-order valence-corrected chi connectivity index (χ1v) is 9.04. The van der Waals surface area contributed by atoms with Gasteiger partial charge in [0, 0.05) is 30.8 Å². The summed E-state index contributed by atoms with van der Waals surface area (Å²) in [6.45, 7) is 20.2. The fourth-order valence-corrected chi connectivity index (χ4v) is 7.56. The number of nitrogens with zero attached hydrogens (tertiary/aromatic N) is 1. The third-order valence-electron chi connectivity index (χ3n) is 4.37. The van der Waals surface area contributed by atoms with Gasteiger partial charge >= 0.3 is 8.72 Å². The second-order valence-corrected chi connectivity index (χ2v) is 11.3. The van der Waals surface area contributed by atoms with Gasteiger partial charge in [0.1, 0.15) is 0 Å². The molecule has 0 heterocycles. The topological polar surface area (TPSA) is 21.7 Å². The quantitative estimate of drug-likeness (QED) is 0.685. The lowest BCUT2D eigenvalue weighted by Crippen LogP contribution is -2.71. The molecule has 0 unspecified atom stereocenters. The van der Waals surface area contributed by atoms with Gasteiger partial charge in [0.25, 0.3) is 0 Å². The fourth-order valence-electron chi connectivity index (χ4n) is 3.04. The van der Waals surface area contributed by atoms with Crippen LogP contribution in [0.3, 0.4) is 0 Å². The maximum Gasteiger partial charge on any atom is 0.434 e. The fraction of sp³-hybridized carbons (Fsp3) is 1.00. The molecule has 0 atom stereocenters. The zero-order valence-electron chi connectivity index (χ0n) is 14.9. The summed E-state index contributed by atoms with van der Waals surface area (Å²) in [4.78, 5) is 0. The molecule has 0 amide bonds. The average molecular weight is 290 g/mol. The molecule has 0 saturated heterocycles. The molecule has 0 aromatic rings. The molecule has 0 aliphatic carbocycles. The summed E-state index contributed by atoms with van der Waals surface area (Å²) in [7, 11) is 1.08. The minimum Gasteiger partial charge on any atom is -0.386 e. The van der Waals surface area contributed by atoms with Crippen molar-refractivity contribution in [1.29, 1.82) is 0 Å². The van der Waals surface area contributed by atoms with Crippen molar-refractivity contribution >= 4 is 8.72 Å². The summed E-state index contributed by atoms with van der Waals surface area (Å²) >= 11 is 0. The van der Waals surface area contributed by atoms with E-state index in [-0.39, 0.29) is 10.6 Å². The third kappa shape index (κ3) is 3.41. The number of hydrogen-bond acceptors (Lipinski definition) is 3. The second-order valence-electron chi connectivity index (χ2n) is 7.50. The van der Waals surface area contributed by atoms with Gasteiger partial charge in [0.05, 0.1) is 0 Å². The molecule has 0 aromatic heterocycles. The lowest BCUT2D eigenvalue weighted by Gasteiger charge is -2.55. The largest absolute Gasteiger partial charge is 0.434 e. The second kappa shape index (κ2) is 6.25. The van der Waals surface area contributed by atoms with Gasteiger partial charge < -0.3 is 8.85 Å². The van der Waals surface area contributed by atoms with Crippen molar-refractivity contribution in [3.05, 3.63) is 0 Å². The Kier molecular flexibility index (Phi) is 6.28. The molecule has 0 bridgehead atoms. The van der Waals surface area contributed by atoms with E-state index >= 15 is 0 Å². The Morgan fingerprint density at radius 2 is 1.21 bits per heavy atom. The van der Waals surface area contributed by atoms with Crippen LogP contribution in [0.2, 0.25) is 5.04 Å². The molecule has 0 aromatic carbocycles. The first-order valence-electron chi connectivity index (χ1n) is 7.28. The summed E-state index contributed by atoms with van der Waals surface area (Å²) in [5, 5.41) is -0.00590. The highest BCUT2D eigenvalue weighted by molar-refractivity contribution is 6.68. The molecule has 0 aliphatic heterocycles. The van der Waals surface area contributed by atoms with Gasteiger partial charge in [0.15, 0.2) is 0 Å². The number of hydrogen-bond donors (Lipinski definition) is 0. The van der Waals surface area contributed by atoms with E-state index in [1.54, 1.807) is 14.2 Å². The van der Waals surface area contributed by atoms with Gasteiger partial charge in [-0.2, -0.15) is 0 Å². The van der Waals surface area contributed by atoms with E-state index in [0.717, 1.165) is 0 Å². The van der Waals surface area contributed by atoms with Gasteiger partial charge in [-0.1, -0.05) is 41.5 Å². The van der Waals surface area contributed by atoms with E-state index in [2.05, 4.69) is 66.9 Å². The highest BCUT2D eigenvalue weighted by Gasteiger charge is 2.60. The molecular weight excluding hydrogens is 254 g/mol. The van der Waals surface area contributed by atoms with Crippen molar-refractivity contribution in [2.75, 3.05) is 14.2 Å². The maximum absolute atomic E-state index is 6.11. The molecule has 0 saturated carbocycles. The molecule has 3 nitrogen and oxygen atoms in total. The van der Waals surface area contributed by atoms with Crippen molar-refractivity contribution < 1.29 is 8.85 Å². The first kappa shape index (κ1) is 19.1. The lowest BCUT2D eigenvalue weighted by molar-refractivity contribution is 0.0582. The van der Waals surface area contributed by atoms with E-state index < -0.39 is 8.72 Å². The minimum absolute atomic E-state index is 0.00590. The van der Waals surface area contributed by atoms with Gasteiger partial charge in [-0.25, -0.2) is 0 Å². The summed E-state index contributed by atoms with van der Waals surface area (Å²) in [6, 6.07) is 0.379. The van der Waals surface area contributed by atoms with Crippen LogP contribution in [0, 0.1) is 5.92 Å². The van der Waals surface area contributed by atoms with Crippen molar-refractivity contribution in [1.82, 2.24) is 4.57 Å². The smallest absolute Gasteiger partial charge is 0.386 e. The highest BCUT2D eigenvalue weighted by Crippen LogP contribution is 2.48. The van der Waals surface area contributed by atoms with Crippen LogP contribution < -0.4 is 0 Å². The van der Waals surface area contributed by atoms with E-state index in [9.17, 15) is 0 Å². The van der Waals surface area contributed by atoms with Crippen LogP contribution in [0.5, 0.6) is 0 Å². The zero-order chi connectivity index (χ0) is 15.6. The monoisotopic (exact) mass is 289 g/mol. The summed E-state index contributed by atoms with van der Waals surface area (Å²) in [5.41, 5.74) is 0.0125. The van der Waals surface area contributed by atoms with Gasteiger partial charge in [-0.15, -0.1) is 0 Å². The van der Waals surface area contributed by atoms with E-state index in [0.29, 0.717) is 12.0 Å². The molecular formula is C15H35NO2Si. The molecule has 0 radical (unpaired) electrons. The van der Waals surface area contributed by atoms with Crippen LogP contribution in [-0.2, 0) is 8.85 Å². The lowest BCUT2D eigenvalue weighted by atomic mass is 9.99. The molecule has 4 heteroatoms. The molecule has 0 aliphatic rings. The van der Waals surface area contributed by atoms with Crippen molar-refractivity contribution in [3.63, 3.8) is 0 Å². The van der Waals surface area contributed by atoms with Crippen LogP contribution in [0.25, 0.3) is 0 Å². The van der Waals surface area contributed by atoms with Crippen LogP contribution in [0.1, 0.15) is 62.3 Å². The maximum atomic E-state index is 6.11. The Bertz CT molecular complexity index is 278. The Balaban J connectivity index is 6.00. The Labute approximate surface area is 122 Å². The Morgan fingerprint density at radius 1 is 0.842 bits per heavy atom. The van der Waals surface area contributed by atoms with Crippen LogP contribution in [0.15, 0.2) is 0 Å². The third-order valence-corrected chi connectivity index (χ3v) is 9.50. The summed E-state index contributed by atoms with van der Waals surface area (Å²) < 4.78 is 14.7. The van der Waals surface area contributed by atoms with Gasteiger partial charge in [0.2, 0.25) is 0 Å². The van der Waals surface area contributed by atoms with Gasteiger partial charge in [-0.3, -0.25) is 4.57 Å². The Morgan fingerprint density at radius 3 is 1.37 bits per heavy atom. The standard InChI is InChI=1S/C15H35NO2Si/c1-12(2)15(8,9)19(17-10,18-11)16(13(3)4)14(5,6)7/h12-13H,1-11H3. The highest BCUT2D eigenvalue weighted by atomic mass is 28.4. The summed E-state index contributed by atoms with van der Waals surface area (Å²) in [5.74, 6) is 0.489. The zero-order valence-corrected chi connectivity index (χ0v) is 15.9. The normalized spacial score (nSPS) is 14.8. The van der Waals surface area contributed by atoms with E-state index in [4.69, 9.17) is 8.85 Å². The Hall–Kier alpha value is 0.0969. The molecule has 19 heavy (non-hydrogen) atoms. The van der Waals surface area contributed by atoms with E-state index in [1.807, 2.05) is 0 Å². The molecule has 0 rings (SSSR count). The van der Waals surface area contributed by atoms with Gasteiger partial charge in [-0.05, 0) is 26.7 Å². The van der Waals surface area contributed by atoms with E-state index in [1.165, 1.54) is 0 Å². The van der Waals surface area contributed by atoms with Crippen molar-refractivity contribution in [2.24, 2.45) is 5.92 Å².